The Morgan fingerprint density at radius 2 is 2.45 bits per heavy atom. The molecule has 0 bridgehead atoms. The highest BCUT2D eigenvalue weighted by Crippen LogP contribution is 2.55. The van der Waals surface area contributed by atoms with Crippen LogP contribution in [-0.4, -0.2) is 30.2 Å². The molecule has 1 saturated heterocycles. The number of thiol groups is 1. The number of hydrogen-bond donors (Lipinski definition) is 3. The highest BCUT2D eigenvalue weighted by molar-refractivity contribution is 7.84. The third kappa shape index (κ3) is 3.43. The van der Waals surface area contributed by atoms with Crippen molar-refractivity contribution in [1.29, 1.82) is 0 Å². The first-order valence-corrected chi connectivity index (χ1v) is 5.58. The number of rotatable bonds is 3. The summed E-state index contributed by atoms with van der Waals surface area (Å²) in [4.78, 5) is 0. The molecule has 0 aromatic carbocycles. The summed E-state index contributed by atoms with van der Waals surface area (Å²) in [5.41, 5.74) is 11.1. The third-order valence-corrected chi connectivity index (χ3v) is 4.10. The SMILES string of the molecule is CN1CP1C[C@H](N)/C=C(\N)S. The molecule has 3 nitrogen and oxygen atoms in total. The van der Waals surface area contributed by atoms with E-state index in [2.05, 4.69) is 24.3 Å². The lowest BCUT2D eigenvalue weighted by atomic mass is 10.3. The second-order valence-electron chi connectivity index (χ2n) is 2.74. The fraction of sp³-hybridized carbons (Fsp3) is 0.667. The zero-order valence-corrected chi connectivity index (χ0v) is 8.35. The van der Waals surface area contributed by atoms with Crippen LogP contribution < -0.4 is 11.5 Å². The van der Waals surface area contributed by atoms with Gasteiger partial charge < -0.3 is 11.5 Å². The van der Waals surface area contributed by atoms with Gasteiger partial charge in [-0.1, -0.05) is 0 Å². The van der Waals surface area contributed by atoms with Crippen molar-refractivity contribution in [3.8, 4) is 0 Å². The van der Waals surface area contributed by atoms with Crippen molar-refractivity contribution in [1.82, 2.24) is 4.67 Å². The van der Waals surface area contributed by atoms with E-state index in [4.69, 9.17) is 11.5 Å². The third-order valence-electron chi connectivity index (χ3n) is 1.57. The quantitative estimate of drug-likeness (QED) is 0.342. The summed E-state index contributed by atoms with van der Waals surface area (Å²) in [6.45, 7) is 0. The van der Waals surface area contributed by atoms with Crippen molar-refractivity contribution < 1.29 is 0 Å². The Bertz CT molecular complexity index is 169. The van der Waals surface area contributed by atoms with Crippen LogP contribution in [0.25, 0.3) is 0 Å². The lowest BCUT2D eigenvalue weighted by Crippen LogP contribution is -2.20. The minimum Gasteiger partial charge on any atom is -0.394 e. The molecule has 1 fully saturated rings. The molecule has 0 aliphatic carbocycles. The van der Waals surface area contributed by atoms with Crippen molar-refractivity contribution in [3.63, 3.8) is 0 Å². The lowest BCUT2D eigenvalue weighted by Gasteiger charge is -2.04. The molecule has 1 aliphatic rings. The molecule has 1 aliphatic heterocycles. The molecule has 4 N–H and O–H groups in total. The second-order valence-corrected chi connectivity index (χ2v) is 5.60. The Morgan fingerprint density at radius 1 is 1.91 bits per heavy atom. The van der Waals surface area contributed by atoms with Gasteiger partial charge in [0.25, 0.3) is 0 Å². The molecule has 2 unspecified atom stereocenters. The predicted octanol–water partition coefficient (Wildman–Crippen LogP) is 0.343. The molecule has 0 saturated carbocycles. The Morgan fingerprint density at radius 3 is 2.82 bits per heavy atom. The molecular formula is C6H14N3PS. The average Bonchev–Trinajstić information content (AvgIpc) is 2.43. The van der Waals surface area contributed by atoms with Crippen molar-refractivity contribution in [2.45, 2.75) is 6.04 Å². The zero-order chi connectivity index (χ0) is 8.43. The standard InChI is InChI=1S/C6H14N3PS/c1-9-4-10(9)3-5(7)2-6(8)11/h2,5,11H,3-4,7-8H2,1H3/b6-2+/t5-,9?,10?/m1/s1. The van der Waals surface area contributed by atoms with Gasteiger partial charge in [-0.2, -0.15) is 0 Å². The van der Waals surface area contributed by atoms with Gasteiger partial charge in [-0.3, -0.25) is 4.67 Å². The first-order chi connectivity index (χ1) is 5.09. The maximum absolute atomic E-state index is 5.76. The van der Waals surface area contributed by atoms with Crippen LogP contribution in [0.5, 0.6) is 0 Å². The fourth-order valence-corrected chi connectivity index (χ4v) is 2.78. The van der Waals surface area contributed by atoms with E-state index in [1.165, 1.54) is 6.29 Å². The van der Waals surface area contributed by atoms with E-state index >= 15 is 0 Å². The van der Waals surface area contributed by atoms with Crippen LogP contribution in [0.4, 0.5) is 0 Å². The first-order valence-electron chi connectivity index (χ1n) is 3.47. The summed E-state index contributed by atoms with van der Waals surface area (Å²) in [6.07, 6.45) is 4.08. The van der Waals surface area contributed by atoms with Crippen LogP contribution >= 0.6 is 20.7 Å². The predicted molar refractivity (Wildman–Crippen MR) is 53.6 cm³/mol. The van der Waals surface area contributed by atoms with Gasteiger partial charge in [0.1, 0.15) is 0 Å². The number of hydrogen-bond acceptors (Lipinski definition) is 4. The largest absolute Gasteiger partial charge is 0.394 e. The minimum atomic E-state index is 0.0866. The summed E-state index contributed by atoms with van der Waals surface area (Å²) in [7, 11) is 2.21. The average molecular weight is 191 g/mol. The second kappa shape index (κ2) is 3.76. The van der Waals surface area contributed by atoms with E-state index in [0.717, 1.165) is 6.16 Å². The van der Waals surface area contributed by atoms with Crippen molar-refractivity contribution in [2.75, 3.05) is 19.5 Å². The monoisotopic (exact) mass is 191 g/mol. The summed E-state index contributed by atoms with van der Waals surface area (Å²) in [5.74, 6) is 0. The Hall–Kier alpha value is 0.240. The molecule has 0 amide bonds. The molecule has 0 spiro atoms. The molecule has 0 aromatic rings. The van der Waals surface area contributed by atoms with E-state index in [1.807, 2.05) is 0 Å². The van der Waals surface area contributed by atoms with Crippen molar-refractivity contribution >= 4 is 20.7 Å². The van der Waals surface area contributed by atoms with E-state index in [-0.39, 0.29) is 14.1 Å². The van der Waals surface area contributed by atoms with Gasteiger partial charge in [-0.25, -0.2) is 0 Å². The van der Waals surface area contributed by atoms with Crippen molar-refractivity contribution in [3.05, 3.63) is 11.1 Å². The zero-order valence-electron chi connectivity index (χ0n) is 6.57. The molecule has 11 heavy (non-hydrogen) atoms. The molecule has 64 valence electrons. The summed E-state index contributed by atoms with van der Waals surface area (Å²) in [6, 6.07) is 0.0866. The molecule has 5 heteroatoms. The summed E-state index contributed by atoms with van der Waals surface area (Å²) < 4.78 is 2.32. The molecule has 1 rings (SSSR count). The molecule has 1 heterocycles. The van der Waals surface area contributed by atoms with E-state index in [1.54, 1.807) is 6.08 Å². The topological polar surface area (TPSA) is 55.0 Å². The summed E-state index contributed by atoms with van der Waals surface area (Å²) >= 11 is 3.96. The highest BCUT2D eigenvalue weighted by atomic mass is 32.1. The molecular weight excluding hydrogens is 177 g/mol. The van der Waals surface area contributed by atoms with Gasteiger partial charge in [0.2, 0.25) is 0 Å². The molecule has 3 atom stereocenters. The molecule has 0 radical (unpaired) electrons. The van der Waals surface area contributed by atoms with E-state index in [9.17, 15) is 0 Å². The van der Waals surface area contributed by atoms with Crippen LogP contribution in [0.2, 0.25) is 0 Å². The Kier molecular flexibility index (Phi) is 3.19. The van der Waals surface area contributed by atoms with Crippen LogP contribution in [0, 0.1) is 0 Å². The van der Waals surface area contributed by atoms with Crippen molar-refractivity contribution in [2.24, 2.45) is 11.5 Å². The summed E-state index contributed by atoms with van der Waals surface area (Å²) in [5, 5.41) is 0.525. The maximum Gasteiger partial charge on any atom is 0.0599 e. The smallest absolute Gasteiger partial charge is 0.0599 e. The number of nitrogens with zero attached hydrogens (tertiary/aromatic N) is 1. The van der Waals surface area contributed by atoms with Gasteiger partial charge >= 0.3 is 0 Å². The highest BCUT2D eigenvalue weighted by Gasteiger charge is 2.30. The Balaban J connectivity index is 2.21. The van der Waals surface area contributed by atoms with E-state index < -0.39 is 0 Å². The Labute approximate surface area is 74.0 Å². The first kappa shape index (κ1) is 9.33. The van der Waals surface area contributed by atoms with Gasteiger partial charge in [0.15, 0.2) is 0 Å². The van der Waals surface area contributed by atoms with Gasteiger partial charge in [0, 0.05) is 18.5 Å². The van der Waals surface area contributed by atoms with Crippen LogP contribution in [0.3, 0.4) is 0 Å². The van der Waals surface area contributed by atoms with Crippen LogP contribution in [-0.2, 0) is 0 Å². The van der Waals surface area contributed by atoms with E-state index in [0.29, 0.717) is 5.03 Å². The number of nitrogens with two attached hydrogens (primary N) is 2. The lowest BCUT2D eigenvalue weighted by molar-refractivity contribution is 0.774. The van der Waals surface area contributed by atoms with Gasteiger partial charge in [-0.05, 0) is 21.2 Å². The normalized spacial score (nSPS) is 33.5. The fourth-order valence-electron chi connectivity index (χ4n) is 0.920. The minimum absolute atomic E-state index is 0.0866. The van der Waals surface area contributed by atoms with Crippen LogP contribution in [0.1, 0.15) is 0 Å². The van der Waals surface area contributed by atoms with Crippen LogP contribution in [0.15, 0.2) is 11.1 Å². The maximum atomic E-state index is 5.76. The van der Waals surface area contributed by atoms with Gasteiger partial charge in [0.05, 0.1) is 5.03 Å². The molecule has 0 aromatic heterocycles. The van der Waals surface area contributed by atoms with Gasteiger partial charge in [-0.15, -0.1) is 12.6 Å².